The van der Waals surface area contributed by atoms with Crippen molar-refractivity contribution in [3.63, 3.8) is 0 Å². The second-order valence-corrected chi connectivity index (χ2v) is 11.8. The lowest BCUT2D eigenvalue weighted by Crippen LogP contribution is -2.07. The molecule has 0 saturated heterocycles. The zero-order valence-corrected chi connectivity index (χ0v) is 24.1. The normalized spacial score (nSPS) is 11.3. The van der Waals surface area contributed by atoms with Gasteiger partial charge in [0.05, 0.1) is 27.8 Å². The van der Waals surface area contributed by atoms with Gasteiger partial charge in [-0.15, -0.1) is 11.3 Å². The molecule has 2 heterocycles. The minimum Gasteiger partial charge on any atom is -0.307 e. The van der Waals surface area contributed by atoms with Gasteiger partial charge in [-0.3, -0.25) is 0 Å². The first kappa shape index (κ1) is 25.1. The average Bonchev–Trinajstić information content (AvgIpc) is 3.58. The number of aromatic nitrogens is 1. The Bertz CT molecular complexity index is 2390. The zero-order chi connectivity index (χ0) is 29.1. The van der Waals surface area contributed by atoms with Gasteiger partial charge in [0.25, 0.3) is 0 Å². The van der Waals surface area contributed by atoms with Gasteiger partial charge in [0.2, 0.25) is 0 Å². The van der Waals surface area contributed by atoms with Crippen molar-refractivity contribution in [2.24, 2.45) is 0 Å². The summed E-state index contributed by atoms with van der Waals surface area (Å²) in [5, 5.41) is 26.5. The average molecular weight is 566 g/mol. The maximum atomic E-state index is 10.9. The quantitative estimate of drug-likeness (QED) is 0.214. The summed E-state index contributed by atoms with van der Waals surface area (Å²) in [7, 11) is 0. The Morgan fingerprint density at radius 2 is 1.09 bits per heavy atom. The van der Waals surface area contributed by atoms with Crippen LogP contribution in [0.2, 0.25) is 0 Å². The Morgan fingerprint density at radius 1 is 0.535 bits per heavy atom. The predicted octanol–water partition coefficient (Wildman–Crippen LogP) is 10.5. The van der Waals surface area contributed by atoms with E-state index in [2.05, 4.69) is 71.3 Å². The largest absolute Gasteiger partial charge is 0.307 e. The number of benzene rings is 6. The highest BCUT2D eigenvalue weighted by Gasteiger charge is 2.27. The highest BCUT2D eigenvalue weighted by Crippen LogP contribution is 2.46. The molecule has 0 unspecified atom stereocenters. The first-order valence-corrected chi connectivity index (χ1v) is 15.0. The first-order chi connectivity index (χ1) is 21.2. The van der Waals surface area contributed by atoms with Crippen LogP contribution in [0.3, 0.4) is 0 Å². The third kappa shape index (κ3) is 3.65. The number of hydrogen-bond donors (Lipinski definition) is 0. The van der Waals surface area contributed by atoms with Crippen LogP contribution in [0, 0.1) is 29.6 Å². The van der Waals surface area contributed by atoms with Gasteiger partial charge in [-0.05, 0) is 47.9 Å². The lowest BCUT2D eigenvalue weighted by molar-refractivity contribution is 1.15. The van der Waals surface area contributed by atoms with Crippen molar-refractivity contribution in [1.29, 1.82) is 10.5 Å². The highest BCUT2D eigenvalue weighted by atomic mass is 32.1. The SMILES string of the molecule is Cc1c(-c2ccccc2)c(C#N)c(-n2c3ccccc3c3cc4c(cc32)sc2ccccc24)c(C#N)c1-c1ccccc1. The molecule has 3 nitrogen and oxygen atoms in total. The number of nitrogens with zero attached hydrogens (tertiary/aromatic N) is 3. The van der Waals surface area contributed by atoms with Crippen molar-refractivity contribution in [1.82, 2.24) is 4.57 Å². The molecule has 0 bridgehead atoms. The highest BCUT2D eigenvalue weighted by molar-refractivity contribution is 7.25. The summed E-state index contributed by atoms with van der Waals surface area (Å²) in [5.74, 6) is 0. The molecule has 0 amide bonds. The van der Waals surface area contributed by atoms with E-state index in [9.17, 15) is 10.5 Å². The van der Waals surface area contributed by atoms with Gasteiger partial charge >= 0.3 is 0 Å². The number of hydrogen-bond acceptors (Lipinski definition) is 3. The van der Waals surface area contributed by atoms with E-state index in [-0.39, 0.29) is 0 Å². The molecule has 0 aliphatic rings. The molecule has 6 aromatic carbocycles. The smallest absolute Gasteiger partial charge is 0.102 e. The van der Waals surface area contributed by atoms with Gasteiger partial charge in [-0.25, -0.2) is 0 Å². The van der Waals surface area contributed by atoms with Crippen LogP contribution in [-0.2, 0) is 0 Å². The van der Waals surface area contributed by atoms with E-state index in [1.54, 1.807) is 11.3 Å². The Kier molecular flexibility index (Phi) is 5.66. The van der Waals surface area contributed by atoms with Crippen LogP contribution in [0.1, 0.15) is 16.7 Å². The lowest BCUT2D eigenvalue weighted by atomic mass is 9.84. The third-order valence-electron chi connectivity index (χ3n) is 8.47. The summed E-state index contributed by atoms with van der Waals surface area (Å²) in [6.45, 7) is 2.03. The Labute approximate surface area is 252 Å². The molecule has 200 valence electrons. The molecule has 8 rings (SSSR count). The molecular formula is C39H23N3S. The Morgan fingerprint density at radius 3 is 1.72 bits per heavy atom. The van der Waals surface area contributed by atoms with E-state index in [4.69, 9.17) is 0 Å². The topological polar surface area (TPSA) is 52.5 Å². The van der Waals surface area contributed by atoms with Crippen LogP contribution in [0.15, 0.2) is 121 Å². The van der Waals surface area contributed by atoms with Crippen LogP contribution in [0.25, 0.3) is 69.9 Å². The van der Waals surface area contributed by atoms with Crippen LogP contribution >= 0.6 is 11.3 Å². The van der Waals surface area contributed by atoms with Gasteiger partial charge in [-0.1, -0.05) is 97.1 Å². The van der Waals surface area contributed by atoms with Crippen molar-refractivity contribution in [3.05, 3.63) is 138 Å². The lowest BCUT2D eigenvalue weighted by Gasteiger charge is -2.22. The van der Waals surface area contributed by atoms with Gasteiger partial charge < -0.3 is 4.57 Å². The van der Waals surface area contributed by atoms with Crippen LogP contribution in [0.5, 0.6) is 0 Å². The van der Waals surface area contributed by atoms with Crippen LogP contribution in [-0.4, -0.2) is 4.57 Å². The maximum absolute atomic E-state index is 10.9. The van der Waals surface area contributed by atoms with E-state index in [1.807, 2.05) is 73.7 Å². The Balaban J connectivity index is 1.61. The van der Waals surface area contributed by atoms with E-state index in [1.165, 1.54) is 20.2 Å². The molecule has 0 atom stereocenters. The molecule has 0 saturated carbocycles. The van der Waals surface area contributed by atoms with E-state index >= 15 is 0 Å². The molecule has 8 aromatic rings. The fourth-order valence-electron chi connectivity index (χ4n) is 6.66. The maximum Gasteiger partial charge on any atom is 0.102 e. The molecule has 0 N–H and O–H groups in total. The zero-order valence-electron chi connectivity index (χ0n) is 23.3. The summed E-state index contributed by atoms with van der Waals surface area (Å²) in [4.78, 5) is 0. The summed E-state index contributed by atoms with van der Waals surface area (Å²) >= 11 is 1.77. The van der Waals surface area contributed by atoms with Crippen molar-refractivity contribution < 1.29 is 0 Å². The molecular weight excluding hydrogens is 543 g/mol. The standard InChI is InChI=1S/C39H23N3S/c1-24-37(25-12-4-2-5-13-25)31(22-40)39(32(23-41)38(24)26-14-6-3-7-15-26)42-33-18-10-8-16-27(33)29-20-30-28-17-9-11-19-35(28)43-36(30)21-34(29)42/h2-21H,1H3. The van der Waals surface area contributed by atoms with E-state index < -0.39 is 0 Å². The third-order valence-corrected chi connectivity index (χ3v) is 9.60. The number of thiophene rings is 1. The molecule has 0 radical (unpaired) electrons. The summed E-state index contributed by atoms with van der Waals surface area (Å²) < 4.78 is 4.57. The molecule has 43 heavy (non-hydrogen) atoms. The van der Waals surface area contributed by atoms with Gasteiger partial charge in [0.1, 0.15) is 12.1 Å². The predicted molar refractivity (Wildman–Crippen MR) is 179 cm³/mol. The monoisotopic (exact) mass is 565 g/mol. The van der Waals surface area contributed by atoms with Gasteiger partial charge in [0.15, 0.2) is 0 Å². The number of rotatable bonds is 3. The molecule has 4 heteroatoms. The van der Waals surface area contributed by atoms with Crippen LogP contribution < -0.4 is 0 Å². The van der Waals surface area contributed by atoms with Crippen molar-refractivity contribution in [2.45, 2.75) is 6.92 Å². The molecule has 0 aliphatic heterocycles. The number of para-hydroxylation sites is 1. The van der Waals surface area contributed by atoms with Crippen molar-refractivity contribution >= 4 is 53.3 Å². The fraction of sp³-hybridized carbons (Fsp3) is 0.0256. The first-order valence-electron chi connectivity index (χ1n) is 14.2. The summed E-state index contributed by atoms with van der Waals surface area (Å²) in [6.07, 6.45) is 0. The summed E-state index contributed by atoms with van der Waals surface area (Å²) in [5.41, 5.74) is 8.10. The molecule has 0 spiro atoms. The minimum absolute atomic E-state index is 0.499. The second kappa shape index (κ2) is 9.71. The van der Waals surface area contributed by atoms with E-state index in [0.29, 0.717) is 16.8 Å². The molecule has 2 aromatic heterocycles. The summed E-state index contributed by atoms with van der Waals surface area (Å²) in [6, 6.07) is 46.6. The van der Waals surface area contributed by atoms with E-state index in [0.717, 1.165) is 49.6 Å². The van der Waals surface area contributed by atoms with Crippen molar-refractivity contribution in [3.8, 4) is 40.1 Å². The van der Waals surface area contributed by atoms with Crippen molar-refractivity contribution in [2.75, 3.05) is 0 Å². The molecule has 0 fully saturated rings. The minimum atomic E-state index is 0.499. The number of nitriles is 2. The fourth-order valence-corrected chi connectivity index (χ4v) is 7.78. The molecule has 0 aliphatic carbocycles. The van der Waals surface area contributed by atoms with Crippen LogP contribution in [0.4, 0.5) is 0 Å². The number of fused-ring (bicyclic) bond motifs is 6. The van der Waals surface area contributed by atoms with Gasteiger partial charge in [-0.2, -0.15) is 10.5 Å². The second-order valence-electron chi connectivity index (χ2n) is 10.7. The van der Waals surface area contributed by atoms with Gasteiger partial charge in [0, 0.05) is 42.1 Å². The Hall–Kier alpha value is -5.68.